The van der Waals surface area contributed by atoms with Crippen molar-refractivity contribution in [2.24, 2.45) is 0 Å². The standard InChI is InChI=1S/C29H25ClF2N4O2S/c1-2-14-33-24(37)16-35-25(38)17-39-28(20-13-12-19(31)15-22(20)32)26-27(18-8-4-3-5-9-18)34-36(29(26)35)23-11-7-6-10-21(23)30/h3-13,15,28H,2,14,16-17H2,1H3,(H,33,37)/t28-/m0/s1. The van der Waals surface area contributed by atoms with Crippen LogP contribution in [-0.4, -0.2) is 40.4 Å². The van der Waals surface area contributed by atoms with E-state index in [1.165, 1.54) is 28.8 Å². The lowest BCUT2D eigenvalue weighted by Crippen LogP contribution is -2.42. The number of benzene rings is 3. The van der Waals surface area contributed by atoms with Crippen molar-refractivity contribution < 1.29 is 18.4 Å². The van der Waals surface area contributed by atoms with Crippen LogP contribution in [0.1, 0.15) is 29.7 Å². The first-order valence-electron chi connectivity index (χ1n) is 12.5. The zero-order valence-corrected chi connectivity index (χ0v) is 22.6. The number of carbonyl (C=O) groups is 2. The van der Waals surface area contributed by atoms with Crippen molar-refractivity contribution in [3.63, 3.8) is 0 Å². The third-order valence-electron chi connectivity index (χ3n) is 6.34. The van der Waals surface area contributed by atoms with Crippen LogP contribution >= 0.6 is 23.4 Å². The number of hydrogen-bond donors (Lipinski definition) is 1. The van der Waals surface area contributed by atoms with Gasteiger partial charge in [0.05, 0.1) is 27.4 Å². The number of rotatable bonds is 7. The number of halogens is 3. The summed E-state index contributed by atoms with van der Waals surface area (Å²) in [7, 11) is 0. The van der Waals surface area contributed by atoms with Crippen LogP contribution in [0.15, 0.2) is 72.8 Å². The van der Waals surface area contributed by atoms with Gasteiger partial charge in [-0.05, 0) is 24.6 Å². The van der Waals surface area contributed by atoms with E-state index in [1.54, 1.807) is 28.9 Å². The summed E-state index contributed by atoms with van der Waals surface area (Å²) in [4.78, 5) is 27.9. The summed E-state index contributed by atoms with van der Waals surface area (Å²) in [5, 5.41) is 7.39. The highest BCUT2D eigenvalue weighted by Crippen LogP contribution is 2.49. The molecule has 0 radical (unpaired) electrons. The van der Waals surface area contributed by atoms with E-state index in [9.17, 15) is 14.0 Å². The van der Waals surface area contributed by atoms with Crippen LogP contribution in [-0.2, 0) is 9.59 Å². The first kappa shape index (κ1) is 26.9. The molecule has 1 aromatic heterocycles. The number of nitrogens with zero attached hydrogens (tertiary/aromatic N) is 3. The molecule has 3 aromatic carbocycles. The van der Waals surface area contributed by atoms with Gasteiger partial charge in [-0.25, -0.2) is 13.5 Å². The van der Waals surface area contributed by atoms with Crippen molar-refractivity contribution in [1.82, 2.24) is 15.1 Å². The summed E-state index contributed by atoms with van der Waals surface area (Å²) in [6, 6.07) is 19.8. The Morgan fingerprint density at radius 3 is 2.56 bits per heavy atom. The van der Waals surface area contributed by atoms with Gasteiger partial charge in [0.15, 0.2) is 0 Å². The molecule has 10 heteroatoms. The van der Waals surface area contributed by atoms with Crippen LogP contribution in [0.3, 0.4) is 0 Å². The highest BCUT2D eigenvalue weighted by Gasteiger charge is 2.38. The molecule has 0 saturated heterocycles. The van der Waals surface area contributed by atoms with Crippen molar-refractivity contribution in [2.75, 3.05) is 23.7 Å². The molecule has 2 heterocycles. The molecule has 39 heavy (non-hydrogen) atoms. The molecule has 1 aliphatic heterocycles. The summed E-state index contributed by atoms with van der Waals surface area (Å²) in [6.45, 7) is 2.15. The molecule has 4 aromatic rings. The van der Waals surface area contributed by atoms with Gasteiger partial charge >= 0.3 is 0 Å². The van der Waals surface area contributed by atoms with E-state index >= 15 is 4.39 Å². The van der Waals surface area contributed by atoms with E-state index in [-0.39, 0.29) is 29.7 Å². The molecule has 0 saturated carbocycles. The lowest BCUT2D eigenvalue weighted by atomic mass is 9.99. The number of thioether (sulfide) groups is 1. The first-order chi connectivity index (χ1) is 18.9. The lowest BCUT2D eigenvalue weighted by molar-refractivity contribution is -0.122. The van der Waals surface area contributed by atoms with Gasteiger partial charge in [-0.3, -0.25) is 14.5 Å². The second-order valence-corrected chi connectivity index (χ2v) is 10.5. The number of para-hydroxylation sites is 1. The number of aromatic nitrogens is 2. The van der Waals surface area contributed by atoms with Gasteiger partial charge < -0.3 is 5.32 Å². The quantitative estimate of drug-likeness (QED) is 0.291. The zero-order valence-electron chi connectivity index (χ0n) is 21.0. The van der Waals surface area contributed by atoms with E-state index in [0.717, 1.165) is 18.1 Å². The third-order valence-corrected chi connectivity index (χ3v) is 7.89. The third kappa shape index (κ3) is 5.42. The lowest BCUT2D eigenvalue weighted by Gasteiger charge is -2.23. The summed E-state index contributed by atoms with van der Waals surface area (Å²) in [6.07, 6.45) is 0.739. The Balaban J connectivity index is 1.82. The average molecular weight is 567 g/mol. The van der Waals surface area contributed by atoms with Crippen LogP contribution in [0.4, 0.5) is 14.6 Å². The molecule has 0 aliphatic carbocycles. The molecule has 200 valence electrons. The van der Waals surface area contributed by atoms with Gasteiger partial charge in [-0.1, -0.05) is 67.1 Å². The van der Waals surface area contributed by atoms with Crippen LogP contribution < -0.4 is 10.2 Å². The normalized spacial score (nSPS) is 15.1. The van der Waals surface area contributed by atoms with Crippen molar-refractivity contribution in [1.29, 1.82) is 0 Å². The Bertz CT molecular complexity index is 1530. The molecule has 1 atom stereocenters. The van der Waals surface area contributed by atoms with E-state index in [0.29, 0.717) is 34.3 Å². The zero-order chi connectivity index (χ0) is 27.5. The summed E-state index contributed by atoms with van der Waals surface area (Å²) in [5.41, 5.74) is 2.47. The Hall–Kier alpha value is -3.69. The minimum atomic E-state index is -0.732. The van der Waals surface area contributed by atoms with Gasteiger partial charge in [0.25, 0.3) is 0 Å². The van der Waals surface area contributed by atoms with Gasteiger partial charge in [0, 0.05) is 29.3 Å². The molecule has 6 nitrogen and oxygen atoms in total. The Morgan fingerprint density at radius 1 is 1.10 bits per heavy atom. The maximum Gasteiger partial charge on any atom is 0.240 e. The largest absolute Gasteiger partial charge is 0.355 e. The van der Waals surface area contributed by atoms with Crippen LogP contribution in [0.5, 0.6) is 0 Å². The smallest absolute Gasteiger partial charge is 0.240 e. The second kappa shape index (κ2) is 11.6. The summed E-state index contributed by atoms with van der Waals surface area (Å²) < 4.78 is 30.7. The molecular formula is C29H25ClF2N4O2S. The maximum absolute atomic E-state index is 15.3. The van der Waals surface area contributed by atoms with Crippen molar-refractivity contribution in [3.05, 3.63) is 101 Å². The molecule has 1 aliphatic rings. The van der Waals surface area contributed by atoms with Crippen molar-refractivity contribution >= 4 is 41.0 Å². The highest BCUT2D eigenvalue weighted by atomic mass is 35.5. The number of carbonyl (C=O) groups excluding carboxylic acids is 2. The fourth-order valence-electron chi connectivity index (χ4n) is 4.54. The van der Waals surface area contributed by atoms with E-state index in [2.05, 4.69) is 5.32 Å². The van der Waals surface area contributed by atoms with Crippen LogP contribution in [0.2, 0.25) is 5.02 Å². The van der Waals surface area contributed by atoms with Gasteiger partial charge in [0.2, 0.25) is 11.8 Å². The second-order valence-electron chi connectivity index (χ2n) is 9.00. The molecule has 0 unspecified atom stereocenters. The van der Waals surface area contributed by atoms with E-state index in [4.69, 9.17) is 16.7 Å². The maximum atomic E-state index is 15.3. The van der Waals surface area contributed by atoms with Gasteiger partial charge in [-0.2, -0.15) is 5.10 Å². The summed E-state index contributed by atoms with van der Waals surface area (Å²) in [5.74, 6) is -1.82. The van der Waals surface area contributed by atoms with Crippen molar-refractivity contribution in [3.8, 4) is 16.9 Å². The fourth-order valence-corrected chi connectivity index (χ4v) is 5.98. The fraction of sp³-hybridized carbons (Fsp3) is 0.207. The number of hydrogen-bond acceptors (Lipinski definition) is 4. The first-order valence-corrected chi connectivity index (χ1v) is 13.9. The number of amides is 2. The Labute approximate surface area is 234 Å². The Morgan fingerprint density at radius 2 is 1.85 bits per heavy atom. The van der Waals surface area contributed by atoms with Gasteiger partial charge in [0.1, 0.15) is 24.0 Å². The van der Waals surface area contributed by atoms with Crippen LogP contribution in [0, 0.1) is 11.6 Å². The Kier molecular flexibility index (Phi) is 7.99. The number of anilines is 1. The number of fused-ring (bicyclic) bond motifs is 1. The molecule has 0 spiro atoms. The SMILES string of the molecule is CCCNC(=O)CN1C(=O)CS[C@@H](c2ccc(F)cc2F)c2c(-c3ccccc3)nn(-c3ccccc3Cl)c21. The van der Waals surface area contributed by atoms with E-state index in [1.807, 2.05) is 37.3 Å². The molecule has 5 rings (SSSR count). The number of nitrogens with one attached hydrogen (secondary N) is 1. The molecule has 0 fully saturated rings. The minimum Gasteiger partial charge on any atom is -0.355 e. The average Bonchev–Trinajstić information content (AvgIpc) is 3.25. The monoisotopic (exact) mass is 566 g/mol. The van der Waals surface area contributed by atoms with Crippen molar-refractivity contribution in [2.45, 2.75) is 18.6 Å². The topological polar surface area (TPSA) is 67.2 Å². The highest BCUT2D eigenvalue weighted by molar-refractivity contribution is 8.00. The van der Waals surface area contributed by atoms with Crippen LogP contribution in [0.25, 0.3) is 16.9 Å². The predicted molar refractivity (Wildman–Crippen MR) is 150 cm³/mol. The van der Waals surface area contributed by atoms with Gasteiger partial charge in [-0.15, -0.1) is 11.8 Å². The van der Waals surface area contributed by atoms with E-state index < -0.39 is 16.9 Å². The summed E-state index contributed by atoms with van der Waals surface area (Å²) >= 11 is 7.81. The molecular weight excluding hydrogens is 542 g/mol. The minimum absolute atomic E-state index is 0.0338. The molecule has 0 bridgehead atoms. The molecule has 1 N–H and O–H groups in total. The molecule has 2 amide bonds. The predicted octanol–water partition coefficient (Wildman–Crippen LogP) is 6.17.